The quantitative estimate of drug-likeness (QED) is 0.853. The maximum Gasteiger partial charge on any atom is 0.326 e. The third-order valence-electron chi connectivity index (χ3n) is 4.12. The summed E-state index contributed by atoms with van der Waals surface area (Å²) in [5, 5.41) is 9.21. The van der Waals surface area contributed by atoms with E-state index in [1.54, 1.807) is 4.90 Å². The molecule has 0 saturated carbocycles. The van der Waals surface area contributed by atoms with Gasteiger partial charge in [-0.15, -0.1) is 0 Å². The molecular formula is C15H18N2O3. The van der Waals surface area contributed by atoms with Crippen LogP contribution in [0.15, 0.2) is 24.3 Å². The third kappa shape index (κ3) is 2.13. The van der Waals surface area contributed by atoms with Crippen LogP contribution in [0.25, 0.3) is 0 Å². The number of rotatable bonds is 1. The average Bonchev–Trinajstić information content (AvgIpc) is 2.95. The normalized spacial score (nSPS) is 21.7. The molecule has 2 heterocycles. The Bertz CT molecular complexity index is 544. The van der Waals surface area contributed by atoms with Crippen LogP contribution in [0.3, 0.4) is 0 Å². The Kier molecular flexibility index (Phi) is 3.34. The highest BCUT2D eigenvalue weighted by molar-refractivity contribution is 5.95. The summed E-state index contributed by atoms with van der Waals surface area (Å²) in [6, 6.07) is 7.04. The van der Waals surface area contributed by atoms with Crippen LogP contribution in [0.4, 0.5) is 10.5 Å². The number of carboxylic acids is 1. The monoisotopic (exact) mass is 274 g/mol. The lowest BCUT2D eigenvalue weighted by atomic mass is 10.0. The first-order valence-corrected chi connectivity index (χ1v) is 7.07. The second-order valence-corrected chi connectivity index (χ2v) is 5.36. The molecule has 1 fully saturated rings. The molecule has 5 nitrogen and oxygen atoms in total. The minimum absolute atomic E-state index is 0.165. The molecule has 1 atom stereocenters. The van der Waals surface area contributed by atoms with Gasteiger partial charge in [-0.3, -0.25) is 4.90 Å². The molecule has 1 saturated heterocycles. The van der Waals surface area contributed by atoms with E-state index in [1.165, 1.54) is 4.90 Å². The van der Waals surface area contributed by atoms with Gasteiger partial charge in [-0.1, -0.05) is 18.2 Å². The first-order chi connectivity index (χ1) is 9.68. The van der Waals surface area contributed by atoms with Crippen molar-refractivity contribution in [2.24, 2.45) is 0 Å². The first-order valence-electron chi connectivity index (χ1n) is 7.07. The van der Waals surface area contributed by atoms with Gasteiger partial charge in [0.1, 0.15) is 6.04 Å². The van der Waals surface area contributed by atoms with Gasteiger partial charge in [0.15, 0.2) is 0 Å². The van der Waals surface area contributed by atoms with Crippen LogP contribution in [0.5, 0.6) is 0 Å². The number of nitrogens with zero attached hydrogens (tertiary/aromatic N) is 2. The Hall–Kier alpha value is -2.04. The maximum absolute atomic E-state index is 12.7. The summed E-state index contributed by atoms with van der Waals surface area (Å²) in [5.41, 5.74) is 2.10. The summed E-state index contributed by atoms with van der Waals surface area (Å²) >= 11 is 0. The lowest BCUT2D eigenvalue weighted by Gasteiger charge is -2.34. The molecule has 0 bridgehead atoms. The van der Waals surface area contributed by atoms with E-state index in [0.717, 1.165) is 30.5 Å². The van der Waals surface area contributed by atoms with Crippen molar-refractivity contribution < 1.29 is 14.7 Å². The van der Waals surface area contributed by atoms with E-state index in [4.69, 9.17) is 0 Å². The number of amides is 2. The highest BCUT2D eigenvalue weighted by Crippen LogP contribution is 2.29. The van der Waals surface area contributed by atoms with Crippen molar-refractivity contribution in [3.8, 4) is 0 Å². The molecular weight excluding hydrogens is 256 g/mol. The molecule has 2 amide bonds. The molecule has 2 aliphatic heterocycles. The highest BCUT2D eigenvalue weighted by atomic mass is 16.4. The Morgan fingerprint density at radius 3 is 2.75 bits per heavy atom. The van der Waals surface area contributed by atoms with Crippen LogP contribution < -0.4 is 4.90 Å². The Balaban J connectivity index is 1.87. The van der Waals surface area contributed by atoms with Crippen molar-refractivity contribution in [2.75, 3.05) is 18.0 Å². The predicted molar refractivity (Wildman–Crippen MR) is 74.9 cm³/mol. The molecule has 0 radical (unpaired) electrons. The lowest BCUT2D eigenvalue weighted by molar-refractivity contribution is -0.141. The largest absolute Gasteiger partial charge is 0.480 e. The van der Waals surface area contributed by atoms with Gasteiger partial charge in [0.25, 0.3) is 0 Å². The van der Waals surface area contributed by atoms with Crippen molar-refractivity contribution in [1.29, 1.82) is 0 Å². The van der Waals surface area contributed by atoms with Gasteiger partial charge in [-0.25, -0.2) is 9.59 Å². The van der Waals surface area contributed by atoms with Crippen molar-refractivity contribution in [3.63, 3.8) is 0 Å². The number of hydrogen-bond donors (Lipinski definition) is 1. The van der Waals surface area contributed by atoms with Gasteiger partial charge in [-0.05, 0) is 37.3 Å². The molecule has 1 aromatic rings. The standard InChI is InChI=1S/C15H18N2O3/c18-14(19)13-8-4-10-17(13)15(20)16-9-3-6-11-5-1-2-7-12(11)16/h1-2,5,7,13H,3-4,6,8-10H2,(H,18,19)/t13-/m0/s1. The molecule has 106 valence electrons. The van der Waals surface area contributed by atoms with Crippen LogP contribution in [0, 0.1) is 0 Å². The van der Waals surface area contributed by atoms with Gasteiger partial charge in [0.05, 0.1) is 0 Å². The van der Waals surface area contributed by atoms with Crippen molar-refractivity contribution >= 4 is 17.7 Å². The molecule has 1 N–H and O–H groups in total. The number of para-hydroxylation sites is 1. The number of likely N-dealkylation sites (tertiary alicyclic amines) is 1. The number of carbonyl (C=O) groups excluding carboxylic acids is 1. The molecule has 20 heavy (non-hydrogen) atoms. The maximum atomic E-state index is 12.7. The Morgan fingerprint density at radius 1 is 1.15 bits per heavy atom. The average molecular weight is 274 g/mol. The van der Waals surface area contributed by atoms with E-state index >= 15 is 0 Å². The number of anilines is 1. The Labute approximate surface area is 117 Å². The number of carboxylic acid groups (broad SMARTS) is 1. The van der Waals surface area contributed by atoms with E-state index in [0.29, 0.717) is 19.5 Å². The number of urea groups is 1. The molecule has 5 heteroatoms. The number of carbonyl (C=O) groups is 2. The van der Waals surface area contributed by atoms with Gasteiger partial charge >= 0.3 is 12.0 Å². The zero-order valence-corrected chi connectivity index (χ0v) is 11.3. The van der Waals surface area contributed by atoms with Crippen molar-refractivity contribution in [2.45, 2.75) is 31.7 Å². The van der Waals surface area contributed by atoms with Gasteiger partial charge < -0.3 is 10.0 Å². The topological polar surface area (TPSA) is 60.9 Å². The second-order valence-electron chi connectivity index (χ2n) is 5.36. The van der Waals surface area contributed by atoms with Crippen LogP contribution >= 0.6 is 0 Å². The summed E-state index contributed by atoms with van der Waals surface area (Å²) in [7, 11) is 0. The minimum Gasteiger partial charge on any atom is -0.480 e. The molecule has 0 spiro atoms. The molecule has 1 aromatic carbocycles. The van der Waals surface area contributed by atoms with Crippen molar-refractivity contribution in [1.82, 2.24) is 4.90 Å². The fourth-order valence-electron chi connectivity index (χ4n) is 3.14. The SMILES string of the molecule is O=C(O)[C@@H]1CCCN1C(=O)N1CCCc2ccccc21. The molecule has 0 unspecified atom stereocenters. The zero-order valence-electron chi connectivity index (χ0n) is 11.3. The smallest absolute Gasteiger partial charge is 0.326 e. The fraction of sp³-hybridized carbons (Fsp3) is 0.467. The van der Waals surface area contributed by atoms with E-state index in [-0.39, 0.29) is 6.03 Å². The van der Waals surface area contributed by atoms with Crippen LogP contribution in [0.1, 0.15) is 24.8 Å². The number of hydrogen-bond acceptors (Lipinski definition) is 2. The number of aliphatic carboxylic acids is 1. The van der Waals surface area contributed by atoms with Crippen molar-refractivity contribution in [3.05, 3.63) is 29.8 Å². The number of fused-ring (bicyclic) bond motifs is 1. The lowest BCUT2D eigenvalue weighted by Crippen LogP contribution is -2.49. The van der Waals surface area contributed by atoms with E-state index in [9.17, 15) is 14.7 Å². The summed E-state index contributed by atoms with van der Waals surface area (Å²) in [6.45, 7) is 1.20. The third-order valence-corrected chi connectivity index (χ3v) is 4.12. The fourth-order valence-corrected chi connectivity index (χ4v) is 3.14. The second kappa shape index (κ2) is 5.15. The summed E-state index contributed by atoms with van der Waals surface area (Å²) in [5.74, 6) is -0.902. The molecule has 2 aliphatic rings. The molecule has 0 aliphatic carbocycles. The predicted octanol–water partition coefficient (Wildman–Crippen LogP) is 2.11. The Morgan fingerprint density at radius 2 is 1.95 bits per heavy atom. The van der Waals surface area contributed by atoms with E-state index in [1.807, 2.05) is 24.3 Å². The van der Waals surface area contributed by atoms with E-state index in [2.05, 4.69) is 0 Å². The first kappa shape index (κ1) is 13.0. The van der Waals surface area contributed by atoms with Gasteiger partial charge in [-0.2, -0.15) is 0 Å². The zero-order chi connectivity index (χ0) is 14.1. The van der Waals surface area contributed by atoms with Crippen LogP contribution in [-0.2, 0) is 11.2 Å². The van der Waals surface area contributed by atoms with E-state index < -0.39 is 12.0 Å². The molecule has 0 aromatic heterocycles. The minimum atomic E-state index is -0.902. The van der Waals surface area contributed by atoms with Gasteiger partial charge in [0.2, 0.25) is 0 Å². The summed E-state index contributed by atoms with van der Waals surface area (Å²) < 4.78 is 0. The number of benzene rings is 1. The highest BCUT2D eigenvalue weighted by Gasteiger charge is 2.37. The van der Waals surface area contributed by atoms with Gasteiger partial charge in [0, 0.05) is 18.8 Å². The van der Waals surface area contributed by atoms with Crippen LogP contribution in [-0.4, -0.2) is 41.1 Å². The summed E-state index contributed by atoms with van der Waals surface area (Å²) in [6.07, 6.45) is 3.21. The van der Waals surface area contributed by atoms with Crippen LogP contribution in [0.2, 0.25) is 0 Å². The number of aryl methyl sites for hydroxylation is 1. The molecule has 3 rings (SSSR count). The summed E-state index contributed by atoms with van der Waals surface area (Å²) in [4.78, 5) is 27.1.